The number of nitrogens with zero attached hydrogens (tertiary/aromatic N) is 1. The van der Waals surface area contributed by atoms with Gasteiger partial charge < -0.3 is 0 Å². The molecule has 4 heteroatoms. The van der Waals surface area contributed by atoms with E-state index in [9.17, 15) is 0 Å². The molecule has 0 N–H and O–H groups in total. The lowest BCUT2D eigenvalue weighted by Crippen LogP contribution is -1.67. The number of halogens is 1. The van der Waals surface area contributed by atoms with Crippen molar-refractivity contribution >= 4 is 61.0 Å². The summed E-state index contributed by atoms with van der Waals surface area (Å²) in [6, 6.07) is 12.4. The van der Waals surface area contributed by atoms with Crippen LogP contribution in [0.15, 0.2) is 40.2 Å². The number of hydrogen-bond acceptors (Lipinski definition) is 3. The van der Waals surface area contributed by atoms with Crippen LogP contribution in [-0.4, -0.2) is 4.98 Å². The van der Waals surface area contributed by atoms with E-state index in [-0.39, 0.29) is 0 Å². The van der Waals surface area contributed by atoms with Gasteiger partial charge in [-0.3, -0.25) is 0 Å². The van der Waals surface area contributed by atoms with Gasteiger partial charge in [-0.05, 0) is 52.3 Å². The molecule has 0 spiro atoms. The zero-order valence-corrected chi connectivity index (χ0v) is 12.0. The summed E-state index contributed by atoms with van der Waals surface area (Å²) in [5, 5.41) is 1.05. The third-order valence-corrected chi connectivity index (χ3v) is 4.89. The number of fused-ring (bicyclic) bond motifs is 1. The lowest BCUT2D eigenvalue weighted by atomic mass is 10.3. The largest absolute Gasteiger partial charge is 0.237 e. The van der Waals surface area contributed by atoms with Crippen molar-refractivity contribution in [3.63, 3.8) is 0 Å². The number of benzene rings is 1. The maximum Gasteiger partial charge on any atom is 0.117 e. The summed E-state index contributed by atoms with van der Waals surface area (Å²) in [7, 11) is 0. The van der Waals surface area contributed by atoms with Crippen LogP contribution in [0.4, 0.5) is 0 Å². The Labute approximate surface area is 116 Å². The van der Waals surface area contributed by atoms with Crippen LogP contribution < -0.4 is 0 Å². The Morgan fingerprint density at radius 3 is 2.65 bits per heavy atom. The van der Waals surface area contributed by atoms with Gasteiger partial charge >= 0.3 is 0 Å². The average Bonchev–Trinajstić information content (AvgIpc) is 2.91. The van der Waals surface area contributed by atoms with E-state index in [0.717, 1.165) is 14.3 Å². The van der Waals surface area contributed by atoms with Crippen LogP contribution in [0.25, 0.3) is 22.4 Å². The Morgan fingerprint density at radius 2 is 1.88 bits per heavy atom. The molecule has 0 saturated carbocycles. The number of thiophene rings is 1. The Morgan fingerprint density at radius 1 is 1.00 bits per heavy atom. The van der Waals surface area contributed by atoms with Crippen LogP contribution in [0.1, 0.15) is 9.88 Å². The topological polar surface area (TPSA) is 12.9 Å². The molecule has 0 aliphatic heterocycles. The zero-order valence-electron chi connectivity index (χ0n) is 8.76. The molecule has 84 valence electrons. The van der Waals surface area contributed by atoms with Gasteiger partial charge in [-0.2, -0.15) is 0 Å². The molecule has 2 aromatic heterocycles. The van der Waals surface area contributed by atoms with Crippen LogP contribution in [0.3, 0.4) is 0 Å². The van der Waals surface area contributed by atoms with Crippen LogP contribution in [0, 0.1) is 0 Å². The molecule has 17 heavy (non-hydrogen) atoms. The van der Waals surface area contributed by atoms with Gasteiger partial charge in [-0.1, -0.05) is 12.1 Å². The second-order valence-corrected chi connectivity index (χ2v) is 7.05. The summed E-state index contributed by atoms with van der Waals surface area (Å²) in [6.07, 6.45) is 4.18. The second kappa shape index (κ2) is 4.72. The van der Waals surface area contributed by atoms with Crippen molar-refractivity contribution in [1.82, 2.24) is 4.98 Å². The monoisotopic (exact) mass is 321 g/mol. The molecule has 3 rings (SSSR count). The number of hydrogen-bond donors (Lipinski definition) is 0. The molecule has 0 amide bonds. The third kappa shape index (κ3) is 2.49. The summed E-state index contributed by atoms with van der Waals surface area (Å²) in [5.41, 5.74) is 1.07. The van der Waals surface area contributed by atoms with Gasteiger partial charge in [0.05, 0.1) is 14.0 Å². The standard InChI is InChI=1S/C13H8BrNS2/c14-12-7-5-9(16-12)6-8-13-15-10-3-1-2-4-11(10)17-13/h1-8H/b8-6+. The van der Waals surface area contributed by atoms with Gasteiger partial charge in [0.15, 0.2) is 0 Å². The van der Waals surface area contributed by atoms with Crippen molar-refractivity contribution in [3.05, 3.63) is 50.1 Å². The highest BCUT2D eigenvalue weighted by atomic mass is 79.9. The predicted molar refractivity (Wildman–Crippen MR) is 80.6 cm³/mol. The minimum atomic E-state index is 1.05. The van der Waals surface area contributed by atoms with Gasteiger partial charge in [-0.15, -0.1) is 22.7 Å². The van der Waals surface area contributed by atoms with Crippen molar-refractivity contribution < 1.29 is 0 Å². The molecule has 0 aliphatic rings. The number of aromatic nitrogens is 1. The highest BCUT2D eigenvalue weighted by Gasteiger charge is 1.99. The molecule has 0 atom stereocenters. The van der Waals surface area contributed by atoms with Crippen LogP contribution in [0.5, 0.6) is 0 Å². The van der Waals surface area contributed by atoms with Gasteiger partial charge in [0.1, 0.15) is 5.01 Å². The summed E-state index contributed by atoms with van der Waals surface area (Å²) in [4.78, 5) is 5.79. The minimum Gasteiger partial charge on any atom is -0.237 e. The first-order chi connectivity index (χ1) is 8.31. The van der Waals surface area contributed by atoms with Gasteiger partial charge in [0.2, 0.25) is 0 Å². The average molecular weight is 322 g/mol. The molecule has 0 aliphatic carbocycles. The highest BCUT2D eigenvalue weighted by Crippen LogP contribution is 2.26. The molecule has 0 saturated heterocycles. The van der Waals surface area contributed by atoms with Crippen LogP contribution >= 0.6 is 38.6 Å². The lowest BCUT2D eigenvalue weighted by molar-refractivity contribution is 1.47. The fourth-order valence-corrected chi connectivity index (χ4v) is 3.73. The second-order valence-electron chi connectivity index (χ2n) is 3.50. The Kier molecular flexibility index (Phi) is 3.09. The number of thiazole rings is 1. The molecule has 0 radical (unpaired) electrons. The summed E-state index contributed by atoms with van der Waals surface area (Å²) < 4.78 is 2.39. The summed E-state index contributed by atoms with van der Waals surface area (Å²) in [5.74, 6) is 0. The van der Waals surface area contributed by atoms with E-state index in [1.165, 1.54) is 9.58 Å². The van der Waals surface area contributed by atoms with E-state index >= 15 is 0 Å². The SMILES string of the molecule is Brc1ccc(/C=C/c2nc3ccccc3s2)s1. The van der Waals surface area contributed by atoms with Gasteiger partial charge in [-0.25, -0.2) is 4.98 Å². The van der Waals surface area contributed by atoms with Crippen molar-refractivity contribution in [2.75, 3.05) is 0 Å². The van der Waals surface area contributed by atoms with Crippen LogP contribution in [-0.2, 0) is 0 Å². The van der Waals surface area contributed by atoms with Crippen molar-refractivity contribution in [1.29, 1.82) is 0 Å². The van der Waals surface area contributed by atoms with E-state index in [1.54, 1.807) is 22.7 Å². The molecule has 2 heterocycles. The third-order valence-electron chi connectivity index (χ3n) is 2.29. The molecule has 0 fully saturated rings. The van der Waals surface area contributed by atoms with Crippen LogP contribution in [0.2, 0.25) is 0 Å². The number of para-hydroxylation sites is 1. The van der Waals surface area contributed by atoms with Crippen molar-refractivity contribution in [2.24, 2.45) is 0 Å². The minimum absolute atomic E-state index is 1.05. The predicted octanol–water partition coefficient (Wildman–Crippen LogP) is 5.29. The maximum atomic E-state index is 4.56. The Hall–Kier alpha value is -0.970. The Balaban J connectivity index is 1.92. The Bertz CT molecular complexity index is 648. The fourth-order valence-electron chi connectivity index (χ4n) is 1.53. The molecule has 3 aromatic rings. The molecule has 0 bridgehead atoms. The van der Waals surface area contributed by atoms with E-state index in [0.29, 0.717) is 0 Å². The molecular weight excluding hydrogens is 314 g/mol. The van der Waals surface area contributed by atoms with Gasteiger partial charge in [0, 0.05) is 4.88 Å². The first kappa shape index (κ1) is 11.1. The summed E-state index contributed by atoms with van der Waals surface area (Å²) in [6.45, 7) is 0. The van der Waals surface area contributed by atoms with Crippen molar-refractivity contribution in [2.45, 2.75) is 0 Å². The van der Waals surface area contributed by atoms with Gasteiger partial charge in [0.25, 0.3) is 0 Å². The molecule has 1 nitrogen and oxygen atoms in total. The lowest BCUT2D eigenvalue weighted by Gasteiger charge is -1.82. The summed E-state index contributed by atoms with van der Waals surface area (Å²) >= 11 is 6.90. The number of rotatable bonds is 2. The van der Waals surface area contributed by atoms with E-state index in [4.69, 9.17) is 0 Å². The van der Waals surface area contributed by atoms with E-state index < -0.39 is 0 Å². The van der Waals surface area contributed by atoms with E-state index in [1.807, 2.05) is 18.2 Å². The first-order valence-corrected chi connectivity index (χ1v) is 7.53. The highest BCUT2D eigenvalue weighted by molar-refractivity contribution is 9.11. The zero-order chi connectivity index (χ0) is 11.7. The fraction of sp³-hybridized carbons (Fsp3) is 0. The normalized spacial score (nSPS) is 11.6. The molecule has 1 aromatic carbocycles. The quantitative estimate of drug-likeness (QED) is 0.624. The first-order valence-electron chi connectivity index (χ1n) is 5.10. The maximum absolute atomic E-state index is 4.56. The molecular formula is C13H8BrNS2. The van der Waals surface area contributed by atoms with E-state index in [2.05, 4.69) is 51.3 Å². The van der Waals surface area contributed by atoms with Crippen molar-refractivity contribution in [3.8, 4) is 0 Å². The molecule has 0 unspecified atom stereocenters. The smallest absolute Gasteiger partial charge is 0.117 e.